The first-order chi connectivity index (χ1) is 16.7. The summed E-state index contributed by atoms with van der Waals surface area (Å²) in [6.45, 7) is 6.70. The number of benzene rings is 2. The molecular weight excluding hydrogens is 428 g/mol. The first kappa shape index (κ1) is 22.4. The predicted molar refractivity (Wildman–Crippen MR) is 130 cm³/mol. The van der Waals surface area contributed by atoms with Crippen LogP contribution in [0.1, 0.15) is 27.2 Å². The minimum atomic E-state index is -0.0358. The van der Waals surface area contributed by atoms with Crippen molar-refractivity contribution in [2.24, 2.45) is 0 Å². The number of nitrogens with zero attached hydrogens (tertiary/aromatic N) is 3. The van der Waals surface area contributed by atoms with Gasteiger partial charge in [-0.3, -0.25) is 19.6 Å². The topological polar surface area (TPSA) is 66.9 Å². The molecule has 5 rings (SSSR count). The quantitative estimate of drug-likeness (QED) is 0.560. The minimum Gasteiger partial charge on any atom is -0.454 e. The fourth-order valence-electron chi connectivity index (χ4n) is 4.42. The van der Waals surface area contributed by atoms with Crippen LogP contribution in [-0.2, 0) is 19.5 Å². The van der Waals surface area contributed by atoms with Gasteiger partial charge in [0.2, 0.25) is 6.79 Å². The van der Waals surface area contributed by atoms with Crippen LogP contribution in [0.25, 0.3) is 0 Å². The maximum Gasteiger partial charge on any atom is 0.251 e. The van der Waals surface area contributed by atoms with Crippen LogP contribution in [0.15, 0.2) is 66.9 Å². The normalized spacial score (nSPS) is 15.9. The first-order valence-electron chi connectivity index (χ1n) is 11.8. The molecule has 1 N–H and O–H groups in total. The van der Waals surface area contributed by atoms with Crippen molar-refractivity contribution in [1.29, 1.82) is 0 Å². The van der Waals surface area contributed by atoms with E-state index in [4.69, 9.17) is 9.47 Å². The van der Waals surface area contributed by atoms with Crippen LogP contribution >= 0.6 is 0 Å². The average Bonchev–Trinajstić information content (AvgIpc) is 3.34. The zero-order valence-electron chi connectivity index (χ0n) is 19.3. The molecule has 2 aliphatic rings. The number of nitrogens with one attached hydrogen (secondary N) is 1. The molecule has 1 fully saturated rings. The number of piperazine rings is 1. The van der Waals surface area contributed by atoms with E-state index in [1.807, 2.05) is 42.5 Å². The van der Waals surface area contributed by atoms with Crippen molar-refractivity contribution in [3.63, 3.8) is 0 Å². The van der Waals surface area contributed by atoms with Crippen molar-refractivity contribution in [2.45, 2.75) is 19.5 Å². The zero-order chi connectivity index (χ0) is 23.2. The van der Waals surface area contributed by atoms with Crippen LogP contribution in [0.4, 0.5) is 0 Å². The lowest BCUT2D eigenvalue weighted by atomic mass is 10.1. The third-order valence-electron chi connectivity index (χ3n) is 6.30. The smallest absolute Gasteiger partial charge is 0.251 e. The largest absolute Gasteiger partial charge is 0.454 e. The van der Waals surface area contributed by atoms with Crippen LogP contribution in [0.2, 0.25) is 0 Å². The molecule has 2 aliphatic heterocycles. The van der Waals surface area contributed by atoms with Gasteiger partial charge < -0.3 is 14.8 Å². The molecule has 3 aromatic rings. The zero-order valence-corrected chi connectivity index (χ0v) is 19.3. The van der Waals surface area contributed by atoms with Gasteiger partial charge in [0.1, 0.15) is 0 Å². The third-order valence-corrected chi connectivity index (χ3v) is 6.30. The van der Waals surface area contributed by atoms with E-state index in [9.17, 15) is 4.79 Å². The van der Waals surface area contributed by atoms with Crippen molar-refractivity contribution >= 4 is 5.91 Å². The molecule has 3 heterocycles. The lowest BCUT2D eigenvalue weighted by Gasteiger charge is -2.34. The summed E-state index contributed by atoms with van der Waals surface area (Å²) in [5, 5.41) is 3.01. The summed E-state index contributed by atoms with van der Waals surface area (Å²) in [4.78, 5) is 21.8. The average molecular weight is 459 g/mol. The van der Waals surface area contributed by atoms with Gasteiger partial charge in [-0.05, 0) is 47.5 Å². The van der Waals surface area contributed by atoms with Crippen LogP contribution < -0.4 is 14.8 Å². The van der Waals surface area contributed by atoms with Gasteiger partial charge in [0, 0.05) is 69.7 Å². The Morgan fingerprint density at radius 1 is 0.853 bits per heavy atom. The molecule has 1 aromatic heterocycles. The van der Waals surface area contributed by atoms with E-state index in [2.05, 4.69) is 38.3 Å². The number of pyridine rings is 1. The highest BCUT2D eigenvalue weighted by Gasteiger charge is 2.19. The fraction of sp³-hybridized carbons (Fsp3) is 0.333. The number of amides is 1. The van der Waals surface area contributed by atoms with Crippen LogP contribution in [0.3, 0.4) is 0 Å². The predicted octanol–water partition coefficient (Wildman–Crippen LogP) is 3.10. The van der Waals surface area contributed by atoms with Gasteiger partial charge in [0.05, 0.1) is 0 Å². The Kier molecular flexibility index (Phi) is 7.02. The summed E-state index contributed by atoms with van der Waals surface area (Å²) in [7, 11) is 0. The maximum atomic E-state index is 12.6. The number of hydrogen-bond donors (Lipinski definition) is 1. The summed E-state index contributed by atoms with van der Waals surface area (Å²) in [6.07, 6.45) is 2.50. The summed E-state index contributed by atoms with van der Waals surface area (Å²) in [6, 6.07) is 20.0. The lowest BCUT2D eigenvalue weighted by molar-refractivity contribution is 0.0953. The van der Waals surface area contributed by atoms with E-state index in [-0.39, 0.29) is 5.91 Å². The Hall–Kier alpha value is -3.42. The van der Waals surface area contributed by atoms with Gasteiger partial charge in [-0.2, -0.15) is 0 Å². The Bertz CT molecular complexity index is 1110. The SMILES string of the molecule is O=C(NCCc1ccccn1)c1cccc(CN2CCN(Cc3ccc4c(c3)OCO4)CC2)c1. The summed E-state index contributed by atoms with van der Waals surface area (Å²) in [5.41, 5.74) is 4.11. The Balaban J connectivity index is 1.08. The molecule has 2 aromatic carbocycles. The van der Waals surface area contributed by atoms with E-state index in [0.717, 1.165) is 62.9 Å². The van der Waals surface area contributed by atoms with E-state index in [1.165, 1.54) is 11.1 Å². The second-order valence-electron chi connectivity index (χ2n) is 8.77. The van der Waals surface area contributed by atoms with Crippen molar-refractivity contribution < 1.29 is 14.3 Å². The molecule has 176 valence electrons. The molecule has 1 amide bonds. The highest BCUT2D eigenvalue weighted by Crippen LogP contribution is 2.32. The molecule has 0 radical (unpaired) electrons. The number of fused-ring (bicyclic) bond motifs is 1. The second kappa shape index (κ2) is 10.7. The standard InChI is InChI=1S/C27H30N4O3/c32-27(29-11-9-24-6-1-2-10-28-24)23-5-3-4-21(16-23)18-30-12-14-31(15-13-30)19-22-7-8-25-26(17-22)34-20-33-25/h1-8,10,16-17H,9,11-15,18-20H2,(H,29,32). The van der Waals surface area contributed by atoms with Gasteiger partial charge in [0.15, 0.2) is 11.5 Å². The van der Waals surface area contributed by atoms with Crippen LogP contribution in [-0.4, -0.2) is 60.2 Å². The van der Waals surface area contributed by atoms with Gasteiger partial charge in [0.25, 0.3) is 5.91 Å². The van der Waals surface area contributed by atoms with E-state index in [1.54, 1.807) is 6.20 Å². The van der Waals surface area contributed by atoms with E-state index < -0.39 is 0 Å². The maximum absolute atomic E-state index is 12.6. The molecule has 0 bridgehead atoms. The van der Waals surface area contributed by atoms with Gasteiger partial charge in [-0.25, -0.2) is 0 Å². The molecule has 0 atom stereocenters. The molecule has 7 heteroatoms. The van der Waals surface area contributed by atoms with Gasteiger partial charge in [-0.15, -0.1) is 0 Å². The van der Waals surface area contributed by atoms with E-state index >= 15 is 0 Å². The van der Waals surface area contributed by atoms with Crippen molar-refractivity contribution in [3.8, 4) is 11.5 Å². The summed E-state index contributed by atoms with van der Waals surface area (Å²) in [5.74, 6) is 1.64. The number of hydrogen-bond acceptors (Lipinski definition) is 6. The number of carbonyl (C=O) groups excluding carboxylic acids is 1. The molecule has 7 nitrogen and oxygen atoms in total. The van der Waals surface area contributed by atoms with Crippen molar-refractivity contribution in [2.75, 3.05) is 39.5 Å². The number of rotatable bonds is 8. The lowest BCUT2D eigenvalue weighted by Crippen LogP contribution is -2.45. The van der Waals surface area contributed by atoms with Crippen molar-refractivity contribution in [3.05, 3.63) is 89.2 Å². The number of aromatic nitrogens is 1. The number of ether oxygens (including phenoxy) is 2. The second-order valence-corrected chi connectivity index (χ2v) is 8.77. The Morgan fingerprint density at radius 3 is 2.38 bits per heavy atom. The minimum absolute atomic E-state index is 0.0358. The number of carbonyl (C=O) groups is 1. The molecule has 0 spiro atoms. The summed E-state index contributed by atoms with van der Waals surface area (Å²) >= 11 is 0. The first-order valence-corrected chi connectivity index (χ1v) is 11.8. The third kappa shape index (κ3) is 5.73. The molecule has 34 heavy (non-hydrogen) atoms. The molecule has 0 saturated carbocycles. The highest BCUT2D eigenvalue weighted by atomic mass is 16.7. The van der Waals surface area contributed by atoms with Gasteiger partial charge in [-0.1, -0.05) is 24.3 Å². The molecule has 1 saturated heterocycles. The van der Waals surface area contributed by atoms with E-state index in [0.29, 0.717) is 18.9 Å². The molecular formula is C27H30N4O3. The van der Waals surface area contributed by atoms with Crippen LogP contribution in [0, 0.1) is 0 Å². The Labute approximate surface area is 200 Å². The molecule has 0 unspecified atom stereocenters. The fourth-order valence-corrected chi connectivity index (χ4v) is 4.42. The highest BCUT2D eigenvalue weighted by molar-refractivity contribution is 5.94. The van der Waals surface area contributed by atoms with Crippen LogP contribution in [0.5, 0.6) is 11.5 Å². The monoisotopic (exact) mass is 458 g/mol. The molecule has 0 aliphatic carbocycles. The van der Waals surface area contributed by atoms with Crippen molar-refractivity contribution in [1.82, 2.24) is 20.1 Å². The summed E-state index contributed by atoms with van der Waals surface area (Å²) < 4.78 is 10.9. The Morgan fingerprint density at radius 2 is 1.62 bits per heavy atom. The van der Waals surface area contributed by atoms with Gasteiger partial charge >= 0.3 is 0 Å².